The van der Waals surface area contributed by atoms with Crippen LogP contribution in [-0.2, 0) is 13.4 Å². The standard InChI is InChI=1S/C15H28O5P2/c1-15(2)11-3-7-13(8-4-11)18-22(20-21(16)17)19-14-9-5-12(15)6-10-14/h11-14,16-17H,3-10H2,1-2H3. The van der Waals surface area contributed by atoms with Crippen LogP contribution in [0.3, 0.4) is 0 Å². The molecule has 0 aromatic carbocycles. The van der Waals surface area contributed by atoms with Gasteiger partial charge in [-0.25, -0.2) is 4.31 Å². The third kappa shape index (κ3) is 4.00. The second-order valence-corrected chi connectivity index (χ2v) is 9.56. The maximum Gasteiger partial charge on any atom is 0.340 e. The van der Waals surface area contributed by atoms with Crippen LogP contribution < -0.4 is 0 Å². The van der Waals surface area contributed by atoms with Crippen LogP contribution in [-0.4, -0.2) is 22.0 Å². The Labute approximate surface area is 135 Å². The van der Waals surface area contributed by atoms with Gasteiger partial charge in [-0.05, 0) is 68.6 Å². The smallest absolute Gasteiger partial charge is 0.328 e. The molecular formula is C15H28O5P2. The Bertz CT molecular complexity index is 335. The van der Waals surface area contributed by atoms with Crippen LogP contribution in [0.5, 0.6) is 0 Å². The Balaban J connectivity index is 1.75. The van der Waals surface area contributed by atoms with Gasteiger partial charge in [-0.15, -0.1) is 0 Å². The second-order valence-electron chi connectivity index (χ2n) is 7.54. The summed E-state index contributed by atoms with van der Waals surface area (Å²) in [6, 6.07) is 0. The summed E-state index contributed by atoms with van der Waals surface area (Å²) in [4.78, 5) is 18.3. The van der Waals surface area contributed by atoms with Gasteiger partial charge in [-0.3, -0.25) is 0 Å². The molecule has 0 spiro atoms. The maximum absolute atomic E-state index is 9.15. The molecule has 4 heterocycles. The zero-order valence-electron chi connectivity index (χ0n) is 13.5. The lowest BCUT2D eigenvalue weighted by Crippen LogP contribution is -2.39. The van der Waals surface area contributed by atoms with E-state index in [0.717, 1.165) is 37.5 Å². The van der Waals surface area contributed by atoms with Crippen molar-refractivity contribution in [3.05, 3.63) is 0 Å². The highest BCUT2D eigenvalue weighted by Crippen LogP contribution is 2.57. The first-order valence-corrected chi connectivity index (χ1v) is 10.7. The lowest BCUT2D eigenvalue weighted by atomic mass is 9.60. The van der Waals surface area contributed by atoms with E-state index >= 15 is 0 Å². The van der Waals surface area contributed by atoms with Gasteiger partial charge >= 0.3 is 17.2 Å². The number of rotatable bonds is 2. The van der Waals surface area contributed by atoms with Crippen LogP contribution in [0.4, 0.5) is 0 Å². The normalized spacial score (nSPS) is 42.1. The van der Waals surface area contributed by atoms with Crippen molar-refractivity contribution >= 4 is 17.2 Å². The van der Waals surface area contributed by atoms with Gasteiger partial charge < -0.3 is 18.8 Å². The zero-order valence-corrected chi connectivity index (χ0v) is 15.3. The highest BCUT2D eigenvalue weighted by molar-refractivity contribution is 7.54. The molecular weight excluding hydrogens is 322 g/mol. The van der Waals surface area contributed by atoms with Gasteiger partial charge in [0, 0.05) is 0 Å². The van der Waals surface area contributed by atoms with E-state index in [9.17, 15) is 0 Å². The molecule has 0 amide bonds. The summed E-state index contributed by atoms with van der Waals surface area (Å²) in [5.74, 6) is 1.54. The van der Waals surface area contributed by atoms with Crippen molar-refractivity contribution in [2.75, 3.05) is 0 Å². The summed E-state index contributed by atoms with van der Waals surface area (Å²) in [6.45, 7) is 4.91. The molecule has 2 saturated carbocycles. The maximum atomic E-state index is 9.15. The SMILES string of the molecule is CC1(C)C2CCC(CC2)OP(OP(O)O)OC2CCC1CC2. The highest BCUT2D eigenvalue weighted by Gasteiger charge is 2.43. The van der Waals surface area contributed by atoms with Crippen molar-refractivity contribution in [2.45, 2.75) is 77.4 Å². The Kier molecular flexibility index (Phi) is 5.78. The fourth-order valence-electron chi connectivity index (χ4n) is 4.52. The summed E-state index contributed by atoms with van der Waals surface area (Å²) in [7, 11) is -4.07. The van der Waals surface area contributed by atoms with E-state index in [2.05, 4.69) is 13.8 Å². The van der Waals surface area contributed by atoms with E-state index in [1.807, 2.05) is 0 Å². The third-order valence-corrected chi connectivity index (χ3v) is 8.12. The second kappa shape index (κ2) is 7.27. The highest BCUT2D eigenvalue weighted by atomic mass is 31.2. The van der Waals surface area contributed by atoms with Crippen LogP contribution in [0.25, 0.3) is 0 Å². The largest absolute Gasteiger partial charge is 0.340 e. The van der Waals surface area contributed by atoms with E-state index in [-0.39, 0.29) is 12.2 Å². The van der Waals surface area contributed by atoms with E-state index in [1.54, 1.807) is 0 Å². The van der Waals surface area contributed by atoms with Crippen molar-refractivity contribution < 1.29 is 23.1 Å². The molecule has 6 aliphatic rings. The lowest BCUT2D eigenvalue weighted by molar-refractivity contribution is -0.0128. The molecule has 7 heteroatoms. The summed E-state index contributed by atoms with van der Waals surface area (Å²) >= 11 is 0. The first-order chi connectivity index (χ1) is 10.4. The summed E-state index contributed by atoms with van der Waals surface area (Å²) in [6.07, 6.45) is 9.09. The van der Waals surface area contributed by atoms with Gasteiger partial charge in [0.25, 0.3) is 0 Å². The Morgan fingerprint density at radius 3 is 1.64 bits per heavy atom. The lowest BCUT2D eigenvalue weighted by Gasteiger charge is -2.47. The van der Waals surface area contributed by atoms with Gasteiger partial charge in [0.15, 0.2) is 0 Å². The molecule has 4 saturated heterocycles. The fraction of sp³-hybridized carbons (Fsp3) is 1.00. The quantitative estimate of drug-likeness (QED) is 0.711. The molecule has 4 bridgehead atoms. The van der Waals surface area contributed by atoms with Crippen molar-refractivity contribution in [1.29, 1.82) is 0 Å². The Hall–Kier alpha value is 0.660. The third-order valence-electron chi connectivity index (χ3n) is 6.06. The predicted molar refractivity (Wildman–Crippen MR) is 86.8 cm³/mol. The zero-order chi connectivity index (χ0) is 15.7. The molecule has 22 heavy (non-hydrogen) atoms. The summed E-state index contributed by atoms with van der Waals surface area (Å²) < 4.78 is 17.0. The molecule has 0 aromatic heterocycles. The monoisotopic (exact) mass is 350 g/mol. The molecule has 4 aliphatic heterocycles. The molecule has 0 unspecified atom stereocenters. The van der Waals surface area contributed by atoms with Crippen LogP contribution in [0.15, 0.2) is 0 Å². The molecule has 128 valence electrons. The minimum atomic E-state index is -2.43. The minimum absolute atomic E-state index is 0.131. The molecule has 0 radical (unpaired) electrons. The molecule has 6 fully saturated rings. The average Bonchev–Trinajstić information content (AvgIpc) is 2.46. The first-order valence-electron chi connectivity index (χ1n) is 8.45. The molecule has 0 aromatic rings. The van der Waals surface area contributed by atoms with Crippen molar-refractivity contribution in [2.24, 2.45) is 17.3 Å². The molecule has 0 atom stereocenters. The molecule has 2 aliphatic carbocycles. The Morgan fingerprint density at radius 2 is 1.27 bits per heavy atom. The van der Waals surface area contributed by atoms with Gasteiger partial charge in [0.05, 0.1) is 12.2 Å². The van der Waals surface area contributed by atoms with Crippen molar-refractivity contribution in [1.82, 2.24) is 0 Å². The predicted octanol–water partition coefficient (Wildman–Crippen LogP) is 4.63. The van der Waals surface area contributed by atoms with Crippen molar-refractivity contribution in [3.8, 4) is 0 Å². The van der Waals surface area contributed by atoms with Gasteiger partial charge in [0.1, 0.15) is 0 Å². The fourth-order valence-corrected chi connectivity index (χ4v) is 6.27. The number of hydrogen-bond donors (Lipinski definition) is 2. The van der Waals surface area contributed by atoms with Crippen LogP contribution in [0.1, 0.15) is 65.2 Å². The Morgan fingerprint density at radius 1 is 0.864 bits per heavy atom. The van der Waals surface area contributed by atoms with Gasteiger partial charge in [0.2, 0.25) is 0 Å². The number of hydrogen-bond acceptors (Lipinski definition) is 5. The van der Waals surface area contributed by atoms with Crippen LogP contribution in [0, 0.1) is 17.3 Å². The minimum Gasteiger partial charge on any atom is -0.328 e. The van der Waals surface area contributed by atoms with E-state index in [0.29, 0.717) is 5.41 Å². The van der Waals surface area contributed by atoms with E-state index in [4.69, 9.17) is 23.1 Å². The van der Waals surface area contributed by atoms with E-state index in [1.165, 1.54) is 25.7 Å². The summed E-state index contributed by atoms with van der Waals surface area (Å²) in [5.41, 5.74) is 0.404. The van der Waals surface area contributed by atoms with Gasteiger partial charge in [-0.2, -0.15) is 0 Å². The van der Waals surface area contributed by atoms with E-state index < -0.39 is 17.2 Å². The van der Waals surface area contributed by atoms with Gasteiger partial charge in [-0.1, -0.05) is 13.8 Å². The average molecular weight is 350 g/mol. The summed E-state index contributed by atoms with van der Waals surface area (Å²) in [5, 5.41) is 0. The molecule has 5 nitrogen and oxygen atoms in total. The topological polar surface area (TPSA) is 68.2 Å². The van der Waals surface area contributed by atoms with Crippen LogP contribution >= 0.6 is 17.2 Å². The molecule has 2 N–H and O–H groups in total. The van der Waals surface area contributed by atoms with Crippen LogP contribution in [0.2, 0.25) is 0 Å². The molecule has 6 rings (SSSR count). The first kappa shape index (κ1) is 17.5. The van der Waals surface area contributed by atoms with Crippen molar-refractivity contribution in [3.63, 3.8) is 0 Å².